The average molecular weight is 292 g/mol. The first-order valence-corrected chi connectivity index (χ1v) is 8.10. The van der Waals surface area contributed by atoms with E-state index in [-0.39, 0.29) is 12.6 Å². The Morgan fingerprint density at radius 1 is 1.56 bits per heavy atom. The molecule has 0 radical (unpaired) electrons. The van der Waals surface area contributed by atoms with E-state index in [0.29, 0.717) is 22.8 Å². The molecule has 1 rings (SSSR count). The predicted molar refractivity (Wildman–Crippen MR) is 73.2 cm³/mol. The van der Waals surface area contributed by atoms with Gasteiger partial charge in [0.2, 0.25) is 10.0 Å². The summed E-state index contributed by atoms with van der Waals surface area (Å²) >= 11 is 1.38. The van der Waals surface area contributed by atoms with Crippen molar-refractivity contribution in [1.82, 2.24) is 4.72 Å². The largest absolute Gasteiger partial charge is 0.383 e. The molecule has 0 aliphatic rings. The van der Waals surface area contributed by atoms with Crippen molar-refractivity contribution in [3.8, 4) is 0 Å². The van der Waals surface area contributed by atoms with E-state index < -0.39 is 10.0 Å². The molecule has 0 aliphatic carbocycles. The summed E-state index contributed by atoms with van der Waals surface area (Å²) in [6.07, 6.45) is 0.675. The third-order valence-electron chi connectivity index (χ3n) is 2.63. The number of sulfonamides is 1. The molecule has 0 amide bonds. The van der Waals surface area contributed by atoms with Crippen LogP contribution in [0, 0.1) is 6.92 Å². The van der Waals surface area contributed by atoms with Gasteiger partial charge in [-0.15, -0.1) is 11.3 Å². The lowest BCUT2D eigenvalue weighted by atomic mass is 10.3. The van der Waals surface area contributed by atoms with Gasteiger partial charge in [0, 0.05) is 24.6 Å². The molecule has 18 heavy (non-hydrogen) atoms. The van der Waals surface area contributed by atoms with E-state index in [0.717, 1.165) is 5.56 Å². The summed E-state index contributed by atoms with van der Waals surface area (Å²) in [5, 5.41) is 1.81. The number of thiophene rings is 1. The van der Waals surface area contributed by atoms with Crippen molar-refractivity contribution < 1.29 is 13.2 Å². The van der Waals surface area contributed by atoms with Gasteiger partial charge in [0.25, 0.3) is 0 Å². The Kier molecular flexibility index (Phi) is 5.74. The van der Waals surface area contributed by atoms with E-state index in [2.05, 4.69) is 4.72 Å². The van der Waals surface area contributed by atoms with Gasteiger partial charge in [-0.1, -0.05) is 6.92 Å². The van der Waals surface area contributed by atoms with E-state index in [1.807, 2.05) is 12.3 Å². The summed E-state index contributed by atoms with van der Waals surface area (Å²) < 4.78 is 32.3. The monoisotopic (exact) mass is 292 g/mol. The van der Waals surface area contributed by atoms with Gasteiger partial charge >= 0.3 is 0 Å². The molecule has 1 heterocycles. The lowest BCUT2D eigenvalue weighted by Gasteiger charge is -2.16. The maximum absolute atomic E-state index is 12.3. The van der Waals surface area contributed by atoms with Crippen molar-refractivity contribution in [3.63, 3.8) is 0 Å². The first-order valence-electron chi connectivity index (χ1n) is 5.74. The molecule has 1 aromatic heterocycles. The SMILES string of the molecule is CCC(COC)NS(=O)(=O)c1c(C)csc1CN. The van der Waals surface area contributed by atoms with E-state index in [4.69, 9.17) is 10.5 Å². The summed E-state index contributed by atoms with van der Waals surface area (Å²) in [5.41, 5.74) is 6.31. The highest BCUT2D eigenvalue weighted by Crippen LogP contribution is 2.26. The van der Waals surface area contributed by atoms with Gasteiger partial charge in [0.15, 0.2) is 0 Å². The fraction of sp³-hybridized carbons (Fsp3) is 0.636. The van der Waals surface area contributed by atoms with Gasteiger partial charge in [0.1, 0.15) is 4.90 Å². The Bertz CT molecular complexity index is 482. The number of ether oxygens (including phenoxy) is 1. The number of rotatable bonds is 7. The zero-order valence-electron chi connectivity index (χ0n) is 10.9. The third-order valence-corrected chi connectivity index (χ3v) is 5.63. The third kappa shape index (κ3) is 3.52. The van der Waals surface area contributed by atoms with E-state index in [9.17, 15) is 8.42 Å². The molecular formula is C11H20N2O3S2. The number of nitrogens with two attached hydrogens (primary N) is 1. The molecule has 5 nitrogen and oxygen atoms in total. The summed E-state index contributed by atoms with van der Waals surface area (Å²) in [5.74, 6) is 0. The van der Waals surface area contributed by atoms with Crippen molar-refractivity contribution in [3.05, 3.63) is 15.8 Å². The quantitative estimate of drug-likeness (QED) is 0.791. The van der Waals surface area contributed by atoms with Crippen LogP contribution in [0.2, 0.25) is 0 Å². The number of nitrogens with one attached hydrogen (secondary N) is 1. The molecule has 0 aliphatic heterocycles. The van der Waals surface area contributed by atoms with E-state index >= 15 is 0 Å². The lowest BCUT2D eigenvalue weighted by Crippen LogP contribution is -2.38. The van der Waals surface area contributed by atoms with Crippen LogP contribution < -0.4 is 10.5 Å². The van der Waals surface area contributed by atoms with Crippen molar-refractivity contribution >= 4 is 21.4 Å². The second-order valence-corrected chi connectivity index (χ2v) is 6.67. The molecule has 7 heteroatoms. The Labute approximate surface area is 112 Å². The first-order chi connectivity index (χ1) is 8.46. The van der Waals surface area contributed by atoms with Crippen LogP contribution in [0.25, 0.3) is 0 Å². The van der Waals surface area contributed by atoms with Crippen LogP contribution in [-0.4, -0.2) is 28.2 Å². The van der Waals surface area contributed by atoms with Crippen LogP contribution in [-0.2, 0) is 21.3 Å². The molecule has 104 valence electrons. The highest BCUT2D eigenvalue weighted by molar-refractivity contribution is 7.89. The van der Waals surface area contributed by atoms with Crippen LogP contribution in [0.3, 0.4) is 0 Å². The number of hydrogen-bond donors (Lipinski definition) is 2. The molecule has 1 aromatic rings. The smallest absolute Gasteiger partial charge is 0.242 e. The minimum Gasteiger partial charge on any atom is -0.383 e. The van der Waals surface area contributed by atoms with Crippen LogP contribution in [0.5, 0.6) is 0 Å². The molecule has 0 fully saturated rings. The Morgan fingerprint density at radius 3 is 2.72 bits per heavy atom. The molecule has 1 atom stereocenters. The lowest BCUT2D eigenvalue weighted by molar-refractivity contribution is 0.173. The van der Waals surface area contributed by atoms with Crippen molar-refractivity contribution in [2.45, 2.75) is 37.8 Å². The average Bonchev–Trinajstić information content (AvgIpc) is 2.70. The van der Waals surface area contributed by atoms with Gasteiger partial charge in [-0.05, 0) is 24.3 Å². The van der Waals surface area contributed by atoms with Crippen molar-refractivity contribution in [1.29, 1.82) is 0 Å². The van der Waals surface area contributed by atoms with E-state index in [1.54, 1.807) is 14.0 Å². The number of methoxy groups -OCH3 is 1. The number of hydrogen-bond acceptors (Lipinski definition) is 5. The van der Waals surface area contributed by atoms with Crippen LogP contribution in [0.1, 0.15) is 23.8 Å². The van der Waals surface area contributed by atoms with Crippen LogP contribution in [0.4, 0.5) is 0 Å². The fourth-order valence-corrected chi connectivity index (χ4v) is 4.71. The second kappa shape index (κ2) is 6.63. The van der Waals surface area contributed by atoms with Crippen molar-refractivity contribution in [2.75, 3.05) is 13.7 Å². The fourth-order valence-electron chi connectivity index (χ4n) is 1.70. The maximum Gasteiger partial charge on any atom is 0.242 e. The van der Waals surface area contributed by atoms with Crippen LogP contribution >= 0.6 is 11.3 Å². The molecule has 0 spiro atoms. The van der Waals surface area contributed by atoms with Gasteiger partial charge in [0.05, 0.1) is 6.61 Å². The van der Waals surface area contributed by atoms with Gasteiger partial charge < -0.3 is 10.5 Å². The Balaban J connectivity index is 3.02. The molecule has 0 saturated carbocycles. The summed E-state index contributed by atoms with van der Waals surface area (Å²) in [7, 11) is -1.97. The highest BCUT2D eigenvalue weighted by atomic mass is 32.2. The minimum atomic E-state index is -3.52. The van der Waals surface area contributed by atoms with Gasteiger partial charge in [-0.3, -0.25) is 0 Å². The topological polar surface area (TPSA) is 81.4 Å². The standard InChI is InChI=1S/C11H20N2O3S2/c1-4-9(6-16-3)13-18(14,15)11-8(2)7-17-10(11)5-12/h7,9,13H,4-6,12H2,1-3H3. The molecule has 0 aromatic carbocycles. The molecule has 1 unspecified atom stereocenters. The Hall–Kier alpha value is -0.470. The predicted octanol–water partition coefficient (Wildman–Crippen LogP) is 1.22. The molecular weight excluding hydrogens is 272 g/mol. The van der Waals surface area contributed by atoms with E-state index in [1.165, 1.54) is 11.3 Å². The highest BCUT2D eigenvalue weighted by Gasteiger charge is 2.24. The molecule has 0 saturated heterocycles. The van der Waals surface area contributed by atoms with Gasteiger partial charge in [-0.2, -0.15) is 0 Å². The normalized spacial score (nSPS) is 13.8. The van der Waals surface area contributed by atoms with Gasteiger partial charge in [-0.25, -0.2) is 13.1 Å². The molecule has 0 bridgehead atoms. The Morgan fingerprint density at radius 2 is 2.22 bits per heavy atom. The zero-order valence-corrected chi connectivity index (χ0v) is 12.5. The van der Waals surface area contributed by atoms with Crippen LogP contribution in [0.15, 0.2) is 10.3 Å². The zero-order chi connectivity index (χ0) is 13.8. The summed E-state index contributed by atoms with van der Waals surface area (Å²) in [4.78, 5) is 1.01. The second-order valence-electron chi connectivity index (χ2n) is 4.06. The minimum absolute atomic E-state index is 0.218. The first kappa shape index (κ1) is 15.6. The summed E-state index contributed by atoms with van der Waals surface area (Å²) in [6, 6.07) is -0.218. The maximum atomic E-state index is 12.3. The number of aryl methyl sites for hydroxylation is 1. The van der Waals surface area contributed by atoms with Crippen molar-refractivity contribution in [2.24, 2.45) is 5.73 Å². The summed E-state index contributed by atoms with van der Waals surface area (Å²) in [6.45, 7) is 4.28. The molecule has 3 N–H and O–H groups in total.